The van der Waals surface area contributed by atoms with Gasteiger partial charge in [-0.3, -0.25) is 4.79 Å². The lowest BCUT2D eigenvalue weighted by atomic mass is 10.2. The number of hydrogen-bond acceptors (Lipinski definition) is 5. The van der Waals surface area contributed by atoms with Gasteiger partial charge in [-0.15, -0.1) is 11.3 Å². The minimum Gasteiger partial charge on any atom is -0.385 e. The number of nitrogens with one attached hydrogen (secondary N) is 1. The molecule has 1 N–H and O–H groups in total. The van der Waals surface area contributed by atoms with Gasteiger partial charge in [0.15, 0.2) is 0 Å². The second kappa shape index (κ2) is 6.69. The normalized spacial score (nSPS) is 13.3. The van der Waals surface area contributed by atoms with Crippen LogP contribution in [0.15, 0.2) is 9.59 Å². The number of amides is 1. The third-order valence-corrected chi connectivity index (χ3v) is 5.90. The molecular weight excluding hydrogens is 310 g/mol. The Morgan fingerprint density at radius 2 is 2.21 bits per heavy atom. The lowest BCUT2D eigenvalue weighted by Crippen LogP contribution is -2.33. The molecule has 0 saturated heterocycles. The number of carbonyl (C=O) groups excluding carboxylic acids is 1. The first-order chi connectivity index (χ1) is 8.77. The summed E-state index contributed by atoms with van der Waals surface area (Å²) in [7, 11) is 3.08. The smallest absolute Gasteiger partial charge is 0.271 e. The zero-order valence-electron chi connectivity index (χ0n) is 10.9. The van der Waals surface area contributed by atoms with Crippen LogP contribution in [0.4, 0.5) is 0 Å². The van der Waals surface area contributed by atoms with Gasteiger partial charge in [-0.05, 0) is 25.8 Å². The Morgan fingerprint density at radius 3 is 2.68 bits per heavy atom. The Bertz CT molecular complexity index is 553. The molecule has 1 atom stereocenters. The molecule has 1 aromatic heterocycles. The predicted octanol–water partition coefficient (Wildman–Crippen LogP) is 2.14. The molecule has 5 nitrogen and oxygen atoms in total. The van der Waals surface area contributed by atoms with E-state index in [9.17, 15) is 13.2 Å². The van der Waals surface area contributed by atoms with Crippen LogP contribution in [-0.4, -0.2) is 34.1 Å². The first kappa shape index (κ1) is 16.4. The lowest BCUT2D eigenvalue weighted by Gasteiger charge is -2.13. The predicted molar refractivity (Wildman–Crippen MR) is 75.5 cm³/mol. The van der Waals surface area contributed by atoms with E-state index in [2.05, 4.69) is 5.32 Å². The SMILES string of the molecule is COCCC(C)NC(=O)c1csc(S(=O)(=O)Cl)c1C. The van der Waals surface area contributed by atoms with Crippen molar-refractivity contribution in [3.63, 3.8) is 0 Å². The van der Waals surface area contributed by atoms with Crippen LogP contribution in [-0.2, 0) is 13.8 Å². The van der Waals surface area contributed by atoms with Crippen LogP contribution in [0.5, 0.6) is 0 Å². The summed E-state index contributed by atoms with van der Waals surface area (Å²) in [6.07, 6.45) is 0.687. The molecule has 1 amide bonds. The monoisotopic (exact) mass is 325 g/mol. The number of thiophene rings is 1. The summed E-state index contributed by atoms with van der Waals surface area (Å²) in [6, 6.07) is -0.0530. The summed E-state index contributed by atoms with van der Waals surface area (Å²) in [5.74, 6) is -0.302. The van der Waals surface area contributed by atoms with Gasteiger partial charge in [0.05, 0.1) is 5.56 Å². The van der Waals surface area contributed by atoms with Crippen LogP contribution >= 0.6 is 22.0 Å². The zero-order chi connectivity index (χ0) is 14.6. The molecule has 0 aliphatic carbocycles. The first-order valence-corrected chi connectivity index (χ1v) is 8.78. The Morgan fingerprint density at radius 1 is 1.58 bits per heavy atom. The van der Waals surface area contributed by atoms with Crippen molar-refractivity contribution in [3.8, 4) is 0 Å². The molecule has 19 heavy (non-hydrogen) atoms. The van der Waals surface area contributed by atoms with Crippen molar-refractivity contribution >= 4 is 37.0 Å². The van der Waals surface area contributed by atoms with Crippen LogP contribution < -0.4 is 5.32 Å². The van der Waals surface area contributed by atoms with Crippen molar-refractivity contribution < 1.29 is 17.9 Å². The van der Waals surface area contributed by atoms with Crippen molar-refractivity contribution in [1.29, 1.82) is 0 Å². The maximum atomic E-state index is 12.0. The second-order valence-corrected chi connectivity index (χ2v) is 7.80. The number of carbonyl (C=O) groups is 1. The van der Waals surface area contributed by atoms with Gasteiger partial charge in [0.2, 0.25) is 0 Å². The number of halogens is 1. The minimum atomic E-state index is -3.80. The molecule has 1 heterocycles. The van der Waals surface area contributed by atoms with Crippen LogP contribution in [0.1, 0.15) is 29.3 Å². The second-order valence-electron chi connectivity index (χ2n) is 4.16. The maximum absolute atomic E-state index is 12.0. The van der Waals surface area contributed by atoms with Gasteiger partial charge in [-0.25, -0.2) is 8.42 Å². The highest BCUT2D eigenvalue weighted by Gasteiger charge is 2.22. The molecule has 0 saturated carbocycles. The number of ether oxygens (including phenoxy) is 1. The summed E-state index contributed by atoms with van der Waals surface area (Å²) in [5, 5.41) is 4.29. The molecule has 0 bridgehead atoms. The van der Waals surface area contributed by atoms with Crippen molar-refractivity contribution in [1.82, 2.24) is 5.32 Å². The van der Waals surface area contributed by atoms with Crippen LogP contribution in [0.3, 0.4) is 0 Å². The van der Waals surface area contributed by atoms with Crippen molar-refractivity contribution in [2.24, 2.45) is 0 Å². The summed E-state index contributed by atoms with van der Waals surface area (Å²) in [5.41, 5.74) is 0.727. The van der Waals surface area contributed by atoms with E-state index in [4.69, 9.17) is 15.4 Å². The number of hydrogen-bond donors (Lipinski definition) is 1. The highest BCUT2D eigenvalue weighted by Crippen LogP contribution is 2.29. The lowest BCUT2D eigenvalue weighted by molar-refractivity contribution is 0.0929. The van der Waals surface area contributed by atoms with Crippen molar-refractivity contribution in [3.05, 3.63) is 16.5 Å². The van der Waals surface area contributed by atoms with Crippen LogP contribution in [0, 0.1) is 6.92 Å². The molecule has 108 valence electrons. The molecule has 0 fully saturated rings. The topological polar surface area (TPSA) is 72.5 Å². The zero-order valence-corrected chi connectivity index (χ0v) is 13.3. The van der Waals surface area contributed by atoms with Gasteiger partial charge in [0.1, 0.15) is 4.21 Å². The molecule has 0 spiro atoms. The molecule has 0 aliphatic rings. The van der Waals surface area contributed by atoms with E-state index in [1.165, 1.54) is 5.38 Å². The fourth-order valence-corrected chi connectivity index (χ4v) is 4.08. The highest BCUT2D eigenvalue weighted by atomic mass is 35.7. The number of rotatable bonds is 6. The summed E-state index contributed by atoms with van der Waals surface area (Å²) < 4.78 is 27.5. The van der Waals surface area contributed by atoms with E-state index in [1.54, 1.807) is 14.0 Å². The van der Waals surface area contributed by atoms with Gasteiger partial charge in [-0.2, -0.15) is 0 Å². The van der Waals surface area contributed by atoms with Gasteiger partial charge in [0, 0.05) is 35.8 Å². The van der Waals surface area contributed by atoms with Crippen molar-refractivity contribution in [2.45, 2.75) is 30.5 Å². The molecule has 8 heteroatoms. The molecule has 0 aromatic carbocycles. The highest BCUT2D eigenvalue weighted by molar-refractivity contribution is 8.15. The fourth-order valence-electron chi connectivity index (χ4n) is 1.53. The molecule has 1 rings (SSSR count). The third kappa shape index (κ3) is 4.45. The van der Waals surface area contributed by atoms with Gasteiger partial charge < -0.3 is 10.1 Å². The summed E-state index contributed by atoms with van der Waals surface area (Å²) in [6.45, 7) is 3.98. The van der Waals surface area contributed by atoms with E-state index >= 15 is 0 Å². The number of methoxy groups -OCH3 is 1. The Kier molecular flexibility index (Phi) is 5.79. The largest absolute Gasteiger partial charge is 0.385 e. The average molecular weight is 326 g/mol. The fraction of sp³-hybridized carbons (Fsp3) is 0.545. The maximum Gasteiger partial charge on any atom is 0.271 e. The van der Waals surface area contributed by atoms with Gasteiger partial charge in [-0.1, -0.05) is 0 Å². The Hall–Kier alpha value is -0.630. The van der Waals surface area contributed by atoms with E-state index in [0.717, 1.165) is 11.3 Å². The quantitative estimate of drug-likeness (QED) is 0.813. The minimum absolute atomic E-state index is 0.0175. The van der Waals surface area contributed by atoms with E-state index in [1.807, 2.05) is 6.92 Å². The standard InChI is InChI=1S/C11H16ClNO4S2/c1-7(4-5-17-3)13-10(14)9-6-18-11(8(9)2)19(12,15)16/h6-7H,4-5H2,1-3H3,(H,13,14). The Labute approximate surface area is 121 Å². The Balaban J connectivity index is 2.82. The molecule has 1 aromatic rings. The van der Waals surface area contributed by atoms with Gasteiger partial charge >= 0.3 is 0 Å². The average Bonchev–Trinajstić information content (AvgIpc) is 2.68. The van der Waals surface area contributed by atoms with E-state index in [0.29, 0.717) is 24.2 Å². The van der Waals surface area contributed by atoms with E-state index in [-0.39, 0.29) is 16.2 Å². The molecular formula is C11H16ClNO4S2. The van der Waals surface area contributed by atoms with Gasteiger partial charge in [0.25, 0.3) is 15.0 Å². The van der Waals surface area contributed by atoms with Crippen LogP contribution in [0.2, 0.25) is 0 Å². The van der Waals surface area contributed by atoms with Crippen LogP contribution in [0.25, 0.3) is 0 Å². The van der Waals surface area contributed by atoms with Crippen molar-refractivity contribution in [2.75, 3.05) is 13.7 Å². The molecule has 1 unspecified atom stereocenters. The first-order valence-electron chi connectivity index (χ1n) is 5.60. The third-order valence-electron chi connectivity index (χ3n) is 2.59. The molecule has 0 radical (unpaired) electrons. The summed E-state index contributed by atoms with van der Waals surface area (Å²) in [4.78, 5) is 12.0. The summed E-state index contributed by atoms with van der Waals surface area (Å²) >= 11 is 0.951. The van der Waals surface area contributed by atoms with E-state index < -0.39 is 9.05 Å². The molecule has 0 aliphatic heterocycles.